The van der Waals surface area contributed by atoms with Gasteiger partial charge in [0.2, 0.25) is 0 Å². The molecular formula is C18H31F6O6PSi. The Morgan fingerprint density at radius 2 is 1.44 bits per heavy atom. The van der Waals surface area contributed by atoms with E-state index in [0.717, 1.165) is 0 Å². The van der Waals surface area contributed by atoms with Gasteiger partial charge in [-0.25, -0.2) is 0 Å². The molecule has 0 aromatic carbocycles. The van der Waals surface area contributed by atoms with Crippen LogP contribution in [0.25, 0.3) is 0 Å². The first-order valence-electron chi connectivity index (χ1n) is 9.72. The summed E-state index contributed by atoms with van der Waals surface area (Å²) in [4.78, 5) is 12.2. The van der Waals surface area contributed by atoms with Crippen molar-refractivity contribution >= 4 is 21.9 Å². The molecule has 0 fully saturated rings. The van der Waals surface area contributed by atoms with Crippen LogP contribution in [0.15, 0.2) is 12.2 Å². The normalized spacial score (nSPS) is 15.2. The Morgan fingerprint density at radius 3 is 1.81 bits per heavy atom. The second-order valence-corrected chi connectivity index (χ2v) is 15.4. The summed E-state index contributed by atoms with van der Waals surface area (Å²) in [5.74, 6) is -1.30. The van der Waals surface area contributed by atoms with E-state index in [4.69, 9.17) is 4.43 Å². The molecule has 32 heavy (non-hydrogen) atoms. The average molecular weight is 516 g/mol. The predicted molar refractivity (Wildman–Crippen MR) is 109 cm³/mol. The van der Waals surface area contributed by atoms with Crippen molar-refractivity contribution in [1.29, 1.82) is 0 Å². The third kappa shape index (κ3) is 11.8. The first kappa shape index (κ1) is 31.1. The SMILES string of the molecule is CCOC(=O)C(C/C=C/CO[Si](C)(C)C(C)(C)C)P(=O)(OCC(F)(F)F)OCC(F)(F)F. The minimum Gasteiger partial charge on any atom is -0.465 e. The van der Waals surface area contributed by atoms with Gasteiger partial charge in [-0.05, 0) is 31.5 Å². The molecule has 0 aromatic rings. The molecule has 0 N–H and O–H groups in total. The molecule has 1 unspecified atom stereocenters. The van der Waals surface area contributed by atoms with Gasteiger partial charge in [-0.15, -0.1) is 0 Å². The van der Waals surface area contributed by atoms with E-state index in [1.165, 1.54) is 19.1 Å². The molecule has 190 valence electrons. The summed E-state index contributed by atoms with van der Waals surface area (Å²) < 4.78 is 107. The lowest BCUT2D eigenvalue weighted by atomic mass is 10.2. The first-order valence-corrected chi connectivity index (χ1v) is 14.2. The summed E-state index contributed by atoms with van der Waals surface area (Å²) in [6.45, 7) is 6.88. The van der Waals surface area contributed by atoms with Crippen LogP contribution < -0.4 is 0 Å². The van der Waals surface area contributed by atoms with Crippen molar-refractivity contribution in [2.24, 2.45) is 0 Å². The number of allylic oxidation sites excluding steroid dienone is 1. The van der Waals surface area contributed by atoms with Crippen molar-refractivity contribution in [1.82, 2.24) is 0 Å². The Kier molecular flexibility index (Phi) is 11.7. The summed E-state index contributed by atoms with van der Waals surface area (Å²) in [6, 6.07) is 0. The zero-order chi connectivity index (χ0) is 25.4. The quantitative estimate of drug-likeness (QED) is 0.101. The van der Waals surface area contributed by atoms with Gasteiger partial charge in [0.25, 0.3) is 0 Å². The standard InChI is InChI=1S/C18H31F6O6PSi/c1-7-27-15(25)14(10-8-9-11-30-32(5,6)16(2,3)4)31(26,28-12-17(19,20)21)29-13-18(22,23)24/h8-9,14H,7,10-13H2,1-6H3/b9-8+. The molecule has 1 atom stereocenters. The molecule has 0 amide bonds. The van der Waals surface area contributed by atoms with Crippen LogP contribution in [0.3, 0.4) is 0 Å². The largest absolute Gasteiger partial charge is 0.465 e. The van der Waals surface area contributed by atoms with Gasteiger partial charge in [0.05, 0.1) is 13.2 Å². The minimum absolute atomic E-state index is 0.0865. The number of carbonyl (C=O) groups excluding carboxylic acids is 1. The van der Waals surface area contributed by atoms with Crippen LogP contribution >= 0.6 is 7.60 Å². The topological polar surface area (TPSA) is 71.1 Å². The maximum absolute atomic E-state index is 12.9. The van der Waals surface area contributed by atoms with Crippen LogP contribution in [0.2, 0.25) is 18.1 Å². The number of halogens is 6. The van der Waals surface area contributed by atoms with Crippen molar-refractivity contribution < 1.29 is 53.9 Å². The van der Waals surface area contributed by atoms with Crippen molar-refractivity contribution in [2.45, 2.75) is 70.3 Å². The number of esters is 1. The fourth-order valence-electron chi connectivity index (χ4n) is 1.90. The second-order valence-electron chi connectivity index (χ2n) is 8.36. The summed E-state index contributed by atoms with van der Waals surface area (Å²) in [5.41, 5.74) is -2.02. The van der Waals surface area contributed by atoms with Crippen molar-refractivity contribution in [3.05, 3.63) is 12.2 Å². The Hall–Kier alpha value is -0.883. The van der Waals surface area contributed by atoms with Gasteiger partial charge >= 0.3 is 25.9 Å². The number of hydrogen-bond donors (Lipinski definition) is 0. The van der Waals surface area contributed by atoms with Crippen molar-refractivity contribution in [3.8, 4) is 0 Å². The fraction of sp³-hybridized carbons (Fsp3) is 0.833. The number of ether oxygens (including phenoxy) is 1. The summed E-state index contributed by atoms with van der Waals surface area (Å²) in [5, 5.41) is -0.0963. The van der Waals surface area contributed by atoms with E-state index in [9.17, 15) is 35.7 Å². The van der Waals surface area contributed by atoms with Crippen molar-refractivity contribution in [3.63, 3.8) is 0 Å². The monoisotopic (exact) mass is 516 g/mol. The smallest absolute Gasteiger partial charge is 0.412 e. The maximum Gasteiger partial charge on any atom is 0.412 e. The van der Waals surface area contributed by atoms with E-state index >= 15 is 0 Å². The molecule has 0 heterocycles. The van der Waals surface area contributed by atoms with Gasteiger partial charge in [0.15, 0.2) is 27.2 Å². The van der Waals surface area contributed by atoms with E-state index in [0.29, 0.717) is 0 Å². The second kappa shape index (κ2) is 12.0. The van der Waals surface area contributed by atoms with Gasteiger partial charge < -0.3 is 9.16 Å². The molecule has 0 aliphatic rings. The Morgan fingerprint density at radius 1 is 0.969 bits per heavy atom. The third-order valence-electron chi connectivity index (χ3n) is 4.63. The number of hydrogen-bond acceptors (Lipinski definition) is 6. The highest BCUT2D eigenvalue weighted by atomic mass is 31.2. The highest BCUT2D eigenvalue weighted by molar-refractivity contribution is 7.55. The molecule has 0 bridgehead atoms. The summed E-state index contributed by atoms with van der Waals surface area (Å²) in [7, 11) is -7.33. The van der Waals surface area contributed by atoms with Crippen LogP contribution in [0.1, 0.15) is 34.1 Å². The molecule has 14 heteroatoms. The molecule has 0 rings (SSSR count). The predicted octanol–water partition coefficient (Wildman–Crippen LogP) is 6.24. The Labute approximate surface area is 185 Å². The highest BCUT2D eigenvalue weighted by Gasteiger charge is 2.47. The zero-order valence-corrected chi connectivity index (χ0v) is 20.8. The lowest BCUT2D eigenvalue weighted by Gasteiger charge is -2.35. The summed E-state index contributed by atoms with van der Waals surface area (Å²) >= 11 is 0. The van der Waals surface area contributed by atoms with Gasteiger partial charge in [0, 0.05) is 0 Å². The molecule has 0 saturated heterocycles. The van der Waals surface area contributed by atoms with E-state index in [2.05, 4.69) is 13.8 Å². The van der Waals surface area contributed by atoms with E-state index in [1.807, 2.05) is 33.9 Å². The van der Waals surface area contributed by atoms with Crippen LogP contribution in [-0.2, 0) is 27.6 Å². The minimum atomic E-state index is -5.21. The maximum atomic E-state index is 12.9. The van der Waals surface area contributed by atoms with E-state index in [-0.39, 0.29) is 18.3 Å². The van der Waals surface area contributed by atoms with Gasteiger partial charge in [-0.3, -0.25) is 18.4 Å². The fourth-order valence-corrected chi connectivity index (χ4v) is 4.65. The van der Waals surface area contributed by atoms with Crippen LogP contribution in [0, 0.1) is 0 Å². The molecule has 0 aliphatic carbocycles. The lowest BCUT2D eigenvalue weighted by molar-refractivity contribution is -0.167. The molecule has 6 nitrogen and oxygen atoms in total. The molecular weight excluding hydrogens is 485 g/mol. The van der Waals surface area contributed by atoms with Crippen LogP contribution in [-0.4, -0.2) is 58.7 Å². The first-order chi connectivity index (χ1) is 14.2. The lowest BCUT2D eigenvalue weighted by Crippen LogP contribution is -2.40. The number of carbonyl (C=O) groups is 1. The van der Waals surface area contributed by atoms with E-state index < -0.39 is 59.5 Å². The van der Waals surface area contributed by atoms with Crippen LogP contribution in [0.4, 0.5) is 26.3 Å². The molecule has 0 aliphatic heterocycles. The average Bonchev–Trinajstić information content (AvgIpc) is 2.59. The highest BCUT2D eigenvalue weighted by Crippen LogP contribution is 2.56. The Balaban J connectivity index is 5.60. The summed E-state index contributed by atoms with van der Waals surface area (Å²) in [6.07, 6.45) is -7.86. The number of rotatable bonds is 12. The van der Waals surface area contributed by atoms with Gasteiger partial charge in [-0.2, -0.15) is 26.3 Å². The molecule has 0 saturated carbocycles. The molecule has 0 spiro atoms. The van der Waals surface area contributed by atoms with E-state index in [1.54, 1.807) is 0 Å². The Bertz CT molecular complexity index is 650. The molecule has 0 radical (unpaired) electrons. The van der Waals surface area contributed by atoms with Crippen molar-refractivity contribution in [2.75, 3.05) is 26.4 Å². The molecule has 0 aromatic heterocycles. The van der Waals surface area contributed by atoms with Gasteiger partial charge in [-0.1, -0.05) is 32.9 Å². The van der Waals surface area contributed by atoms with Gasteiger partial charge in [0.1, 0.15) is 0 Å². The number of alkyl halides is 6. The third-order valence-corrected chi connectivity index (χ3v) is 11.3. The van der Waals surface area contributed by atoms with Crippen LogP contribution in [0.5, 0.6) is 0 Å². The zero-order valence-electron chi connectivity index (χ0n) is 18.9.